The monoisotopic (exact) mass is 417 g/mol. The largest absolute Gasteiger partial charge is 0.326 e. The van der Waals surface area contributed by atoms with Gasteiger partial charge in [-0.2, -0.15) is 0 Å². The highest BCUT2D eigenvalue weighted by Gasteiger charge is 2.67. The predicted octanol–water partition coefficient (Wildman–Crippen LogP) is 7.09. The van der Waals surface area contributed by atoms with Crippen molar-refractivity contribution in [2.75, 3.05) is 5.32 Å². The van der Waals surface area contributed by atoms with E-state index in [1.807, 2.05) is 6.92 Å². The molecule has 1 N–H and O–H groups in total. The lowest BCUT2D eigenvalue weighted by Gasteiger charge is -2.72. The first kappa shape index (κ1) is 19.2. The van der Waals surface area contributed by atoms with Crippen LogP contribution in [0.15, 0.2) is 24.3 Å². The summed E-state index contributed by atoms with van der Waals surface area (Å²) in [4.78, 5) is 11.8. The van der Waals surface area contributed by atoms with E-state index in [4.69, 9.17) is 0 Å². The first-order chi connectivity index (χ1) is 15.0. The molecule has 8 saturated carbocycles. The Labute approximate surface area is 188 Å². The van der Waals surface area contributed by atoms with E-state index in [1.54, 1.807) is 56.9 Å². The number of nitrogens with one attached hydrogen (secondary N) is 1. The zero-order chi connectivity index (χ0) is 20.8. The number of carbonyl (C=O) groups excluding carboxylic acids is 1. The molecule has 0 spiro atoms. The number of benzene rings is 1. The van der Waals surface area contributed by atoms with Crippen LogP contribution in [0.4, 0.5) is 5.69 Å². The molecular weight excluding hydrogens is 378 g/mol. The molecule has 0 aromatic heterocycles. The molecule has 8 aliphatic carbocycles. The Bertz CT molecular complexity index is 849. The van der Waals surface area contributed by atoms with Gasteiger partial charge in [-0.1, -0.05) is 19.1 Å². The molecule has 0 heterocycles. The summed E-state index contributed by atoms with van der Waals surface area (Å²) >= 11 is 0. The Morgan fingerprint density at radius 3 is 1.84 bits per heavy atom. The van der Waals surface area contributed by atoms with E-state index >= 15 is 0 Å². The van der Waals surface area contributed by atoms with Gasteiger partial charge in [0.15, 0.2) is 0 Å². The van der Waals surface area contributed by atoms with Crippen LogP contribution in [-0.4, -0.2) is 5.91 Å². The molecule has 2 atom stereocenters. The van der Waals surface area contributed by atoms with Crippen LogP contribution >= 0.6 is 0 Å². The van der Waals surface area contributed by atoms with Crippen molar-refractivity contribution in [2.24, 2.45) is 40.4 Å². The summed E-state index contributed by atoms with van der Waals surface area (Å²) in [5.41, 5.74) is 4.31. The fourth-order valence-corrected chi connectivity index (χ4v) is 11.1. The van der Waals surface area contributed by atoms with E-state index < -0.39 is 0 Å². The molecule has 2 nitrogen and oxygen atoms in total. The minimum Gasteiger partial charge on any atom is -0.326 e. The van der Waals surface area contributed by atoms with Crippen LogP contribution in [0.2, 0.25) is 0 Å². The Morgan fingerprint density at radius 2 is 1.29 bits per heavy atom. The van der Waals surface area contributed by atoms with Gasteiger partial charge in [0.2, 0.25) is 5.91 Å². The fraction of sp³-hybridized carbons (Fsp3) is 0.759. The minimum atomic E-state index is 0.114. The van der Waals surface area contributed by atoms with Crippen molar-refractivity contribution in [3.05, 3.63) is 29.8 Å². The quantitative estimate of drug-likeness (QED) is 0.557. The van der Waals surface area contributed by atoms with E-state index in [-0.39, 0.29) is 5.91 Å². The topological polar surface area (TPSA) is 29.1 Å². The maximum Gasteiger partial charge on any atom is 0.224 e. The SMILES string of the molecule is CCC(=O)Nc1ccc(C23CC4CC(C2)CC(C25CC6CC(CC(C6)C2)C5)(C4)C3)cc1. The molecular formula is C29H39NO. The van der Waals surface area contributed by atoms with Crippen LogP contribution in [0.5, 0.6) is 0 Å². The Hall–Kier alpha value is -1.31. The summed E-state index contributed by atoms with van der Waals surface area (Å²) in [6, 6.07) is 9.12. The van der Waals surface area contributed by atoms with Gasteiger partial charge >= 0.3 is 0 Å². The molecule has 0 radical (unpaired) electrons. The molecule has 1 amide bonds. The minimum absolute atomic E-state index is 0.114. The molecule has 1 aromatic carbocycles. The summed E-state index contributed by atoms with van der Waals surface area (Å²) < 4.78 is 0. The molecule has 2 unspecified atom stereocenters. The van der Waals surface area contributed by atoms with Gasteiger partial charge in [-0.3, -0.25) is 4.79 Å². The Morgan fingerprint density at radius 1 is 0.774 bits per heavy atom. The highest BCUT2D eigenvalue weighted by molar-refractivity contribution is 5.90. The second-order valence-electron chi connectivity index (χ2n) is 13.2. The van der Waals surface area contributed by atoms with Crippen LogP contribution in [0.25, 0.3) is 0 Å². The second-order valence-corrected chi connectivity index (χ2v) is 13.2. The van der Waals surface area contributed by atoms with E-state index in [0.717, 1.165) is 35.3 Å². The lowest BCUT2D eigenvalue weighted by Crippen LogP contribution is -2.63. The highest BCUT2D eigenvalue weighted by atomic mass is 16.1. The summed E-state index contributed by atoms with van der Waals surface area (Å²) in [7, 11) is 0. The van der Waals surface area contributed by atoms with Crippen molar-refractivity contribution in [2.45, 2.75) is 95.8 Å². The first-order valence-corrected chi connectivity index (χ1v) is 13.4. The average Bonchev–Trinajstić information content (AvgIpc) is 2.72. The molecule has 2 heteroatoms. The summed E-state index contributed by atoms with van der Waals surface area (Å²) in [5.74, 6) is 5.25. The first-order valence-electron chi connectivity index (χ1n) is 13.4. The van der Waals surface area contributed by atoms with Crippen molar-refractivity contribution in [1.29, 1.82) is 0 Å². The maximum absolute atomic E-state index is 11.8. The molecule has 8 fully saturated rings. The highest BCUT2D eigenvalue weighted by Crippen LogP contribution is 2.77. The third-order valence-corrected chi connectivity index (χ3v) is 11.3. The lowest BCUT2D eigenvalue weighted by atomic mass is 9.32. The number of anilines is 1. The van der Waals surface area contributed by atoms with Crippen molar-refractivity contribution in [3.8, 4) is 0 Å². The van der Waals surface area contributed by atoms with Crippen LogP contribution in [-0.2, 0) is 10.2 Å². The smallest absolute Gasteiger partial charge is 0.224 e. The normalized spacial score (nSPS) is 48.9. The maximum atomic E-state index is 11.8. The van der Waals surface area contributed by atoms with Crippen LogP contribution < -0.4 is 5.32 Å². The van der Waals surface area contributed by atoms with E-state index in [0.29, 0.717) is 22.7 Å². The number of amides is 1. The third-order valence-electron chi connectivity index (χ3n) is 11.3. The van der Waals surface area contributed by atoms with Gasteiger partial charge < -0.3 is 5.32 Å². The molecule has 8 bridgehead atoms. The zero-order valence-electron chi connectivity index (χ0n) is 19.3. The number of carbonyl (C=O) groups is 1. The Kier molecular flexibility index (Phi) is 3.95. The summed E-state index contributed by atoms with van der Waals surface area (Å²) in [6.45, 7) is 1.92. The Balaban J connectivity index is 1.24. The van der Waals surface area contributed by atoms with Crippen molar-refractivity contribution >= 4 is 11.6 Å². The molecule has 166 valence electrons. The van der Waals surface area contributed by atoms with Crippen LogP contribution in [0.1, 0.15) is 96.0 Å². The molecule has 0 saturated heterocycles. The second kappa shape index (κ2) is 6.39. The van der Waals surface area contributed by atoms with Crippen molar-refractivity contribution in [1.82, 2.24) is 0 Å². The molecule has 8 aliphatic rings. The van der Waals surface area contributed by atoms with Gasteiger partial charge in [0.05, 0.1) is 0 Å². The van der Waals surface area contributed by atoms with Gasteiger partial charge in [-0.05, 0) is 141 Å². The van der Waals surface area contributed by atoms with Gasteiger partial charge in [-0.15, -0.1) is 0 Å². The number of rotatable bonds is 4. The van der Waals surface area contributed by atoms with E-state index in [1.165, 1.54) is 25.7 Å². The number of hydrogen-bond donors (Lipinski definition) is 1. The molecule has 1 aromatic rings. The van der Waals surface area contributed by atoms with Gasteiger partial charge in [0, 0.05) is 12.1 Å². The fourth-order valence-electron chi connectivity index (χ4n) is 11.1. The standard InChI is InChI=1S/C29H39NO/c1-2-26(31)30-25-5-3-24(4-6-25)27-11-22-10-23(12-27)17-29(16-22,18-27)28-13-19-7-20(14-28)9-21(8-19)15-28/h3-6,19-23H,2,7-18H2,1H3,(H,30,31). The van der Waals surface area contributed by atoms with Crippen molar-refractivity contribution in [3.63, 3.8) is 0 Å². The average molecular weight is 418 g/mol. The van der Waals surface area contributed by atoms with E-state index in [9.17, 15) is 4.79 Å². The summed E-state index contributed by atoms with van der Waals surface area (Å²) in [6.07, 6.45) is 18.9. The van der Waals surface area contributed by atoms with Crippen LogP contribution in [0.3, 0.4) is 0 Å². The van der Waals surface area contributed by atoms with Crippen LogP contribution in [0, 0.1) is 40.4 Å². The number of hydrogen-bond acceptors (Lipinski definition) is 1. The van der Waals surface area contributed by atoms with Gasteiger partial charge in [0.25, 0.3) is 0 Å². The third kappa shape index (κ3) is 2.72. The van der Waals surface area contributed by atoms with E-state index in [2.05, 4.69) is 29.6 Å². The summed E-state index contributed by atoms with van der Waals surface area (Å²) in [5, 5.41) is 3.05. The van der Waals surface area contributed by atoms with Gasteiger partial charge in [-0.25, -0.2) is 0 Å². The lowest BCUT2D eigenvalue weighted by molar-refractivity contribution is -0.205. The predicted molar refractivity (Wildman–Crippen MR) is 125 cm³/mol. The molecule has 9 rings (SSSR count). The molecule has 31 heavy (non-hydrogen) atoms. The zero-order valence-corrected chi connectivity index (χ0v) is 19.3. The molecule has 0 aliphatic heterocycles. The van der Waals surface area contributed by atoms with Crippen molar-refractivity contribution < 1.29 is 4.79 Å². The van der Waals surface area contributed by atoms with Gasteiger partial charge in [0.1, 0.15) is 0 Å².